The molecule has 5 nitrogen and oxygen atoms in total. The van der Waals surface area contributed by atoms with Gasteiger partial charge < -0.3 is 5.32 Å². The first-order valence-electron chi connectivity index (χ1n) is 4.95. The van der Waals surface area contributed by atoms with E-state index >= 15 is 0 Å². The maximum Gasteiger partial charge on any atom is 0.327 e. The maximum absolute atomic E-state index is 12.6. The summed E-state index contributed by atoms with van der Waals surface area (Å²) in [4.78, 5) is 26.5. The first-order valence-corrected chi connectivity index (χ1v) is 4.95. The lowest BCUT2D eigenvalue weighted by Gasteiger charge is -2.05. The topological polar surface area (TPSA) is 77.8 Å². The van der Waals surface area contributed by atoms with Crippen molar-refractivity contribution < 1.29 is 4.39 Å². The Morgan fingerprint density at radius 2 is 1.82 bits per heavy atom. The summed E-state index contributed by atoms with van der Waals surface area (Å²) >= 11 is 0. The van der Waals surface area contributed by atoms with Crippen molar-refractivity contribution in [2.45, 2.75) is 6.54 Å². The molecule has 3 N–H and O–H groups in total. The molecular formula is C11H10FN3O2. The fourth-order valence-corrected chi connectivity index (χ4v) is 1.36. The first kappa shape index (κ1) is 11.1. The molecule has 0 atom stereocenters. The van der Waals surface area contributed by atoms with Gasteiger partial charge in [0.2, 0.25) is 0 Å². The highest BCUT2D eigenvalue weighted by atomic mass is 19.1. The monoisotopic (exact) mass is 235 g/mol. The van der Waals surface area contributed by atoms with Crippen molar-refractivity contribution in [2.24, 2.45) is 0 Å². The van der Waals surface area contributed by atoms with Crippen LogP contribution in [0.25, 0.3) is 0 Å². The molecule has 1 aromatic heterocycles. The van der Waals surface area contributed by atoms with Crippen LogP contribution in [-0.2, 0) is 6.54 Å². The fraction of sp³-hybridized carbons (Fsp3) is 0.0909. The van der Waals surface area contributed by atoms with E-state index < -0.39 is 11.2 Å². The SMILES string of the molecule is O=c1cc(NCc2ccc(F)cc2)[nH]c(=O)[nH]1. The zero-order valence-corrected chi connectivity index (χ0v) is 8.79. The number of benzene rings is 1. The van der Waals surface area contributed by atoms with E-state index in [9.17, 15) is 14.0 Å². The van der Waals surface area contributed by atoms with E-state index in [2.05, 4.69) is 15.3 Å². The fourth-order valence-electron chi connectivity index (χ4n) is 1.36. The summed E-state index contributed by atoms with van der Waals surface area (Å²) in [5, 5.41) is 2.86. The number of rotatable bonds is 3. The number of hydrogen-bond donors (Lipinski definition) is 3. The van der Waals surface area contributed by atoms with Gasteiger partial charge in [-0.15, -0.1) is 0 Å². The lowest BCUT2D eigenvalue weighted by atomic mass is 10.2. The molecule has 0 bridgehead atoms. The summed E-state index contributed by atoms with van der Waals surface area (Å²) in [7, 11) is 0. The van der Waals surface area contributed by atoms with Gasteiger partial charge in [0, 0.05) is 12.6 Å². The van der Waals surface area contributed by atoms with Gasteiger partial charge in [-0.05, 0) is 17.7 Å². The second-order valence-corrected chi connectivity index (χ2v) is 3.48. The second kappa shape index (κ2) is 4.65. The maximum atomic E-state index is 12.6. The zero-order valence-electron chi connectivity index (χ0n) is 8.79. The Balaban J connectivity index is 2.09. The Morgan fingerprint density at radius 1 is 1.12 bits per heavy atom. The minimum absolute atomic E-state index is 0.307. The molecule has 2 rings (SSSR count). The quantitative estimate of drug-likeness (QED) is 0.736. The van der Waals surface area contributed by atoms with Crippen molar-refractivity contribution in [3.63, 3.8) is 0 Å². The Morgan fingerprint density at radius 3 is 2.47 bits per heavy atom. The van der Waals surface area contributed by atoms with Crippen LogP contribution in [0.15, 0.2) is 39.9 Å². The van der Waals surface area contributed by atoms with Crippen molar-refractivity contribution >= 4 is 5.82 Å². The highest BCUT2D eigenvalue weighted by Gasteiger charge is 1.97. The molecule has 0 unspecified atom stereocenters. The molecule has 17 heavy (non-hydrogen) atoms. The van der Waals surface area contributed by atoms with E-state index in [1.165, 1.54) is 18.2 Å². The van der Waals surface area contributed by atoms with Crippen LogP contribution < -0.4 is 16.6 Å². The van der Waals surface area contributed by atoms with Gasteiger partial charge >= 0.3 is 5.69 Å². The van der Waals surface area contributed by atoms with Gasteiger partial charge in [0.05, 0.1) is 0 Å². The molecule has 0 aliphatic carbocycles. The van der Waals surface area contributed by atoms with Crippen LogP contribution in [0.3, 0.4) is 0 Å². The van der Waals surface area contributed by atoms with Crippen molar-refractivity contribution in [1.82, 2.24) is 9.97 Å². The molecule has 0 aliphatic heterocycles. The molecule has 0 saturated carbocycles. The Hall–Kier alpha value is -2.37. The van der Waals surface area contributed by atoms with Crippen LogP contribution in [0, 0.1) is 5.82 Å². The highest BCUT2D eigenvalue weighted by molar-refractivity contribution is 5.33. The van der Waals surface area contributed by atoms with Gasteiger partial charge in [-0.3, -0.25) is 14.8 Å². The summed E-state index contributed by atoms with van der Waals surface area (Å²) in [6.07, 6.45) is 0. The van der Waals surface area contributed by atoms with E-state index in [0.29, 0.717) is 12.4 Å². The van der Waals surface area contributed by atoms with E-state index in [4.69, 9.17) is 0 Å². The van der Waals surface area contributed by atoms with Gasteiger partial charge in [-0.25, -0.2) is 9.18 Å². The lowest BCUT2D eigenvalue weighted by Crippen LogP contribution is -2.22. The largest absolute Gasteiger partial charge is 0.367 e. The molecule has 6 heteroatoms. The summed E-state index contributed by atoms with van der Waals surface area (Å²) in [5.41, 5.74) is -0.206. The predicted molar refractivity (Wildman–Crippen MR) is 61.4 cm³/mol. The number of aromatic amines is 2. The molecule has 0 saturated heterocycles. The van der Waals surface area contributed by atoms with Crippen LogP contribution in [0.5, 0.6) is 0 Å². The number of H-pyrrole nitrogens is 2. The standard InChI is InChI=1S/C11H10FN3O2/c12-8-3-1-7(2-4-8)6-13-9-5-10(16)15-11(17)14-9/h1-5H,6H2,(H3,13,14,15,16,17). The van der Waals surface area contributed by atoms with Crippen LogP contribution in [0.2, 0.25) is 0 Å². The van der Waals surface area contributed by atoms with E-state index in [-0.39, 0.29) is 5.82 Å². The number of anilines is 1. The third-order valence-corrected chi connectivity index (χ3v) is 2.16. The first-order chi connectivity index (χ1) is 8.13. The Labute approximate surface area is 95.3 Å². The lowest BCUT2D eigenvalue weighted by molar-refractivity contribution is 0.627. The van der Waals surface area contributed by atoms with Crippen LogP contribution in [0.1, 0.15) is 5.56 Å². The second-order valence-electron chi connectivity index (χ2n) is 3.48. The number of aromatic nitrogens is 2. The molecule has 0 aliphatic rings. The van der Waals surface area contributed by atoms with Crippen LogP contribution >= 0.6 is 0 Å². The average molecular weight is 235 g/mol. The van der Waals surface area contributed by atoms with Gasteiger partial charge in [-0.1, -0.05) is 12.1 Å². The molecule has 0 radical (unpaired) electrons. The Bertz CT molecular complexity index is 587. The summed E-state index contributed by atoms with van der Waals surface area (Å²) in [5.74, 6) is 0.0152. The molecule has 1 heterocycles. The van der Waals surface area contributed by atoms with E-state index in [1.807, 2.05) is 0 Å². The van der Waals surface area contributed by atoms with Gasteiger partial charge in [-0.2, -0.15) is 0 Å². The van der Waals surface area contributed by atoms with Crippen molar-refractivity contribution in [3.8, 4) is 0 Å². The summed E-state index contributed by atoms with van der Waals surface area (Å²) < 4.78 is 12.6. The minimum atomic E-state index is -0.570. The third kappa shape index (κ3) is 3.04. The molecule has 0 spiro atoms. The molecule has 1 aromatic carbocycles. The molecule has 88 valence electrons. The zero-order chi connectivity index (χ0) is 12.3. The number of hydrogen-bond acceptors (Lipinski definition) is 3. The van der Waals surface area contributed by atoms with E-state index in [0.717, 1.165) is 5.56 Å². The smallest absolute Gasteiger partial charge is 0.327 e. The molecule has 0 fully saturated rings. The number of nitrogens with one attached hydrogen (secondary N) is 3. The molecule has 0 amide bonds. The van der Waals surface area contributed by atoms with Crippen molar-refractivity contribution in [2.75, 3.05) is 5.32 Å². The molecule has 2 aromatic rings. The summed E-state index contributed by atoms with van der Waals surface area (Å²) in [6, 6.07) is 7.17. The van der Waals surface area contributed by atoms with Crippen molar-refractivity contribution in [1.29, 1.82) is 0 Å². The van der Waals surface area contributed by atoms with Gasteiger partial charge in [0.15, 0.2) is 0 Å². The average Bonchev–Trinajstić information content (AvgIpc) is 2.27. The van der Waals surface area contributed by atoms with E-state index in [1.54, 1.807) is 12.1 Å². The van der Waals surface area contributed by atoms with Crippen molar-refractivity contribution in [3.05, 3.63) is 62.6 Å². The van der Waals surface area contributed by atoms with Gasteiger partial charge in [0.25, 0.3) is 5.56 Å². The Kier molecular flexibility index (Phi) is 3.04. The van der Waals surface area contributed by atoms with Crippen LogP contribution in [-0.4, -0.2) is 9.97 Å². The summed E-state index contributed by atoms with van der Waals surface area (Å²) in [6.45, 7) is 0.389. The third-order valence-electron chi connectivity index (χ3n) is 2.16. The highest BCUT2D eigenvalue weighted by Crippen LogP contribution is 2.04. The van der Waals surface area contributed by atoms with Gasteiger partial charge in [0.1, 0.15) is 11.6 Å². The number of halogens is 1. The normalized spacial score (nSPS) is 10.2. The van der Waals surface area contributed by atoms with Crippen LogP contribution in [0.4, 0.5) is 10.2 Å². The molecular weight excluding hydrogens is 225 g/mol. The predicted octanol–water partition coefficient (Wildman–Crippen LogP) is 0.814. The minimum Gasteiger partial charge on any atom is -0.367 e.